The molecule has 0 atom stereocenters. The van der Waals surface area contributed by atoms with E-state index < -0.39 is 0 Å². The second-order valence-electron chi connectivity index (χ2n) is 19.3. The van der Waals surface area contributed by atoms with Crippen LogP contribution in [-0.2, 0) is 0 Å². The molecule has 14 rings (SSSR count). The van der Waals surface area contributed by atoms with Crippen LogP contribution in [0.4, 0.5) is 0 Å². The predicted molar refractivity (Wildman–Crippen MR) is 281 cm³/mol. The summed E-state index contributed by atoms with van der Waals surface area (Å²) in [5, 5.41) is 19.0. The smallest absolute Gasteiger partial charge is 0.0623 e. The largest absolute Gasteiger partial charge is 0.245 e. The molecule has 2 heterocycles. The molecule has 0 spiro atoms. The minimum atomic E-state index is 0.0691. The van der Waals surface area contributed by atoms with Gasteiger partial charge in [-0.3, -0.25) is 0 Å². The molecular weight excluding hydrogens is 766 g/mol. The first-order valence-corrected chi connectivity index (χ1v) is 23.3. The Kier molecular flexibility index (Phi) is 7.49. The zero-order chi connectivity index (χ0) is 42.5. The number of fused-ring (bicyclic) bond motifs is 14. The predicted octanol–water partition coefficient (Wildman–Crippen LogP) is 12.4. The van der Waals surface area contributed by atoms with E-state index in [9.17, 15) is 0 Å². The molecule has 0 nitrogen and oxygen atoms in total. The monoisotopic (exact) mass is 810 g/mol. The van der Waals surface area contributed by atoms with Crippen molar-refractivity contribution in [1.29, 1.82) is 0 Å². The van der Waals surface area contributed by atoms with E-state index in [1.165, 1.54) is 142 Å². The summed E-state index contributed by atoms with van der Waals surface area (Å²) in [6.45, 7) is 9.71. The molecule has 2 aliphatic heterocycles. The minimum Gasteiger partial charge on any atom is -0.0623 e. The van der Waals surface area contributed by atoms with Crippen LogP contribution in [0, 0.1) is 0 Å². The molecule has 12 aromatic rings. The number of rotatable bonds is 4. The van der Waals surface area contributed by atoms with Crippen molar-refractivity contribution in [2.75, 3.05) is 0 Å². The summed E-state index contributed by atoms with van der Waals surface area (Å²) in [5.41, 5.74) is 16.9. The van der Waals surface area contributed by atoms with Crippen LogP contribution in [0.2, 0.25) is 0 Å². The Morgan fingerprint density at radius 2 is 0.562 bits per heavy atom. The van der Waals surface area contributed by atoms with Gasteiger partial charge in [0, 0.05) is 0 Å². The molecule has 0 aromatic heterocycles. The average molecular weight is 811 g/mol. The van der Waals surface area contributed by atoms with Crippen LogP contribution in [0.25, 0.3) is 97.7 Å². The third-order valence-electron chi connectivity index (χ3n) is 15.5. The summed E-state index contributed by atoms with van der Waals surface area (Å²) in [6, 6.07) is 70.4. The van der Waals surface area contributed by atoms with Gasteiger partial charge in [-0.2, -0.15) is 0 Å². The van der Waals surface area contributed by atoms with Crippen molar-refractivity contribution in [2.45, 2.75) is 39.5 Å². The second kappa shape index (κ2) is 13.2. The maximum Gasteiger partial charge on any atom is 0.245 e. The molecular formula is C62H44B2. The first kappa shape index (κ1) is 36.3. The van der Waals surface area contributed by atoms with E-state index in [0.717, 1.165) is 0 Å². The maximum atomic E-state index is 2.62. The fourth-order valence-corrected chi connectivity index (χ4v) is 12.8. The van der Waals surface area contributed by atoms with Crippen molar-refractivity contribution in [3.63, 3.8) is 0 Å². The van der Waals surface area contributed by atoms with Crippen LogP contribution in [-0.4, -0.2) is 13.4 Å². The molecule has 298 valence electrons. The highest BCUT2D eigenvalue weighted by atomic mass is 14.3. The molecule has 0 saturated heterocycles. The van der Waals surface area contributed by atoms with Gasteiger partial charge in [0.2, 0.25) is 13.4 Å². The van der Waals surface area contributed by atoms with Crippen molar-refractivity contribution in [2.24, 2.45) is 0 Å². The van der Waals surface area contributed by atoms with Crippen LogP contribution in [0.15, 0.2) is 182 Å². The maximum absolute atomic E-state index is 2.62. The number of hydrogen-bond donors (Lipinski definition) is 0. The van der Waals surface area contributed by atoms with Crippen molar-refractivity contribution in [1.82, 2.24) is 0 Å². The third kappa shape index (κ3) is 4.76. The Morgan fingerprint density at radius 1 is 0.281 bits per heavy atom. The number of benzene rings is 12. The summed E-state index contributed by atoms with van der Waals surface area (Å²) in [4.78, 5) is 0. The molecule has 0 radical (unpaired) electrons. The Bertz CT molecular complexity index is 3550. The van der Waals surface area contributed by atoms with Gasteiger partial charge in [0.1, 0.15) is 0 Å². The average Bonchev–Trinajstić information content (AvgIpc) is 3.87. The lowest BCUT2D eigenvalue weighted by Crippen LogP contribution is -2.50. The molecule has 2 aliphatic rings. The van der Waals surface area contributed by atoms with Gasteiger partial charge in [-0.15, -0.1) is 0 Å². The van der Waals surface area contributed by atoms with E-state index in [0.29, 0.717) is 11.8 Å². The number of hydrogen-bond acceptors (Lipinski definition) is 0. The molecule has 64 heavy (non-hydrogen) atoms. The van der Waals surface area contributed by atoms with Crippen molar-refractivity contribution in [3.8, 4) is 22.3 Å². The van der Waals surface area contributed by atoms with Gasteiger partial charge in [-0.1, -0.05) is 242 Å². The van der Waals surface area contributed by atoms with E-state index in [1.807, 2.05) is 0 Å². The van der Waals surface area contributed by atoms with E-state index >= 15 is 0 Å². The molecule has 0 amide bonds. The van der Waals surface area contributed by atoms with E-state index in [1.54, 1.807) is 0 Å². The first-order valence-electron chi connectivity index (χ1n) is 23.3. The quantitative estimate of drug-likeness (QED) is 0.123. The lowest BCUT2D eigenvalue weighted by molar-refractivity contribution is 0.876. The van der Waals surface area contributed by atoms with Crippen molar-refractivity contribution in [3.05, 3.63) is 193 Å². The van der Waals surface area contributed by atoms with E-state index in [4.69, 9.17) is 0 Å². The van der Waals surface area contributed by atoms with E-state index in [-0.39, 0.29) is 13.4 Å². The van der Waals surface area contributed by atoms with Crippen molar-refractivity contribution < 1.29 is 0 Å². The summed E-state index contributed by atoms with van der Waals surface area (Å²) in [7, 11) is 0. The van der Waals surface area contributed by atoms with Crippen LogP contribution >= 0.6 is 0 Å². The van der Waals surface area contributed by atoms with Crippen LogP contribution in [0.1, 0.15) is 50.7 Å². The molecule has 0 N–H and O–H groups in total. The fraction of sp³-hybridized carbons (Fsp3) is 0.0968. The normalized spacial score (nSPS) is 13.2. The van der Waals surface area contributed by atoms with Gasteiger partial charge in [0.15, 0.2) is 0 Å². The summed E-state index contributed by atoms with van der Waals surface area (Å²) in [5.74, 6) is 0.665. The Balaban J connectivity index is 1.15. The SMILES string of the molecule is CC(C)c1cc(B2c3c(ccc4ccccc34)-c3ccc4ccccc4c32)c2ccc3c(B4c5c(ccc6ccccc56)-c5ccc6ccccc6c54)cc(C(C)C)c4ccc1c2c34. The topological polar surface area (TPSA) is 0 Å². The third-order valence-corrected chi connectivity index (χ3v) is 15.5. The highest BCUT2D eigenvalue weighted by Gasteiger charge is 2.40. The molecule has 12 aromatic carbocycles. The van der Waals surface area contributed by atoms with Gasteiger partial charge in [0.05, 0.1) is 0 Å². The van der Waals surface area contributed by atoms with Crippen LogP contribution in [0.5, 0.6) is 0 Å². The van der Waals surface area contributed by atoms with Crippen LogP contribution in [0.3, 0.4) is 0 Å². The minimum absolute atomic E-state index is 0.0691. The molecule has 0 saturated carbocycles. The highest BCUT2D eigenvalue weighted by Crippen LogP contribution is 2.42. The summed E-state index contributed by atoms with van der Waals surface area (Å²) in [6.07, 6.45) is 0. The van der Waals surface area contributed by atoms with Crippen LogP contribution < -0.4 is 32.8 Å². The summed E-state index contributed by atoms with van der Waals surface area (Å²) >= 11 is 0. The zero-order valence-corrected chi connectivity index (χ0v) is 36.6. The van der Waals surface area contributed by atoms with Gasteiger partial charge in [0.25, 0.3) is 0 Å². The van der Waals surface area contributed by atoms with Crippen molar-refractivity contribution >= 4 is 122 Å². The van der Waals surface area contributed by atoms with E-state index in [2.05, 4.69) is 210 Å². The standard InChI is InChI=1S/C62H44B2/c1-35(2)53-33-55(63-59-41-17-9-5-13-37(41)21-25-47(59)48-26-22-38-14-6-10-18-42(38)60(48)63)51-31-32-52-56(34-54(36(3)4)46-30-29-45(53)57(51)58(46)52)64-61-43-19-11-7-15-39(43)23-27-49(61)50-28-24-40-16-8-12-20-44(40)62(50)64/h5-36H,1-4H3. The Hall–Kier alpha value is -7.15. The summed E-state index contributed by atoms with van der Waals surface area (Å²) < 4.78 is 0. The molecule has 2 heteroatoms. The van der Waals surface area contributed by atoms with Gasteiger partial charge in [-0.25, -0.2) is 0 Å². The molecule has 0 fully saturated rings. The zero-order valence-electron chi connectivity index (χ0n) is 36.6. The first-order chi connectivity index (χ1) is 31.4. The van der Waals surface area contributed by atoms with Gasteiger partial charge < -0.3 is 0 Å². The highest BCUT2D eigenvalue weighted by molar-refractivity contribution is 7.04. The fourth-order valence-electron chi connectivity index (χ4n) is 12.8. The molecule has 0 aliphatic carbocycles. The lowest BCUT2D eigenvalue weighted by Gasteiger charge is -2.26. The molecule has 0 bridgehead atoms. The Labute approximate surface area is 374 Å². The Morgan fingerprint density at radius 3 is 0.859 bits per heavy atom. The van der Waals surface area contributed by atoms with Gasteiger partial charge >= 0.3 is 0 Å². The lowest BCUT2D eigenvalue weighted by atomic mass is 9.36. The molecule has 0 unspecified atom stereocenters. The second-order valence-corrected chi connectivity index (χ2v) is 19.3. The van der Waals surface area contributed by atoms with Gasteiger partial charge in [-0.05, 0) is 121 Å².